The zero-order valence-corrected chi connectivity index (χ0v) is 11.2. The second-order valence-corrected chi connectivity index (χ2v) is 5.22. The molecule has 0 aliphatic carbocycles. The molecule has 2 aromatic rings. The number of benzene rings is 2. The Balaban J connectivity index is 1.93. The Morgan fingerprint density at radius 3 is 2.32 bits per heavy atom. The number of urea groups is 1. The average Bonchev–Trinajstić information content (AvgIpc) is 2.40. The zero-order chi connectivity index (χ0) is 13.7. The van der Waals surface area contributed by atoms with Crippen LogP contribution in [0.4, 0.5) is 10.5 Å². The van der Waals surface area contributed by atoms with Crippen LogP contribution < -0.4 is 10.0 Å². The lowest BCUT2D eigenvalue weighted by Crippen LogP contribution is -2.34. The van der Waals surface area contributed by atoms with Crippen LogP contribution in [0, 0.1) is 6.92 Å². The van der Waals surface area contributed by atoms with Gasteiger partial charge in [0, 0.05) is 5.69 Å². The molecule has 2 aromatic carbocycles. The summed E-state index contributed by atoms with van der Waals surface area (Å²) in [7, 11) is 0. The number of hydrogen-bond donors (Lipinski definition) is 2. The fraction of sp³-hybridized carbons (Fsp3) is 0.0714. The molecular formula is C14H14N2O2S. The second kappa shape index (κ2) is 6.26. The van der Waals surface area contributed by atoms with E-state index in [1.165, 1.54) is 0 Å². The summed E-state index contributed by atoms with van der Waals surface area (Å²) in [5, 5.41) is 2.61. The third-order valence-corrected chi connectivity index (χ3v) is 3.52. The van der Waals surface area contributed by atoms with E-state index in [9.17, 15) is 9.35 Å². The van der Waals surface area contributed by atoms with Crippen LogP contribution in [-0.4, -0.2) is 10.6 Å². The number of anilines is 1. The van der Waals surface area contributed by atoms with Gasteiger partial charge < -0.3 is 9.87 Å². The van der Waals surface area contributed by atoms with E-state index in [0.29, 0.717) is 10.6 Å². The molecule has 2 amide bonds. The largest absolute Gasteiger partial charge is 0.588 e. The van der Waals surface area contributed by atoms with Crippen molar-refractivity contribution in [3.05, 3.63) is 60.2 Å². The summed E-state index contributed by atoms with van der Waals surface area (Å²) in [6.45, 7) is 1.95. The van der Waals surface area contributed by atoms with E-state index in [1.54, 1.807) is 24.3 Å². The van der Waals surface area contributed by atoms with E-state index in [2.05, 4.69) is 10.0 Å². The van der Waals surface area contributed by atoms with E-state index in [-0.39, 0.29) is 0 Å². The van der Waals surface area contributed by atoms with Crippen LogP contribution in [0.15, 0.2) is 59.5 Å². The molecule has 98 valence electrons. The van der Waals surface area contributed by atoms with E-state index in [0.717, 1.165) is 5.56 Å². The third-order valence-electron chi connectivity index (χ3n) is 2.45. The van der Waals surface area contributed by atoms with E-state index < -0.39 is 17.4 Å². The van der Waals surface area contributed by atoms with Crippen molar-refractivity contribution in [3.63, 3.8) is 0 Å². The number of rotatable bonds is 3. The number of aryl methyl sites for hydroxylation is 1. The minimum atomic E-state index is -1.56. The molecule has 0 aliphatic rings. The summed E-state index contributed by atoms with van der Waals surface area (Å²) in [6.07, 6.45) is 0. The highest BCUT2D eigenvalue weighted by molar-refractivity contribution is 7.90. The van der Waals surface area contributed by atoms with Gasteiger partial charge in [-0.3, -0.25) is 0 Å². The Bertz CT molecular complexity index is 543. The van der Waals surface area contributed by atoms with Gasteiger partial charge in [-0.1, -0.05) is 35.9 Å². The highest BCUT2D eigenvalue weighted by Gasteiger charge is 2.14. The van der Waals surface area contributed by atoms with Crippen LogP contribution in [0.5, 0.6) is 0 Å². The van der Waals surface area contributed by atoms with Gasteiger partial charge in [-0.25, -0.2) is 4.79 Å². The van der Waals surface area contributed by atoms with Crippen LogP contribution in [0.1, 0.15) is 5.56 Å². The standard InChI is InChI=1S/C14H14N2O2S/c1-11-7-9-13(10-8-11)19(18)16-14(17)15-12-5-3-2-4-6-12/h2-10H,1H3,(H2,15,16,17). The first-order valence-electron chi connectivity index (χ1n) is 5.76. The number of amides is 2. The predicted octanol–water partition coefficient (Wildman–Crippen LogP) is 2.84. The molecule has 0 bridgehead atoms. The minimum Gasteiger partial charge on any atom is -0.588 e. The van der Waals surface area contributed by atoms with Gasteiger partial charge in [0.2, 0.25) is 0 Å². The Kier molecular flexibility index (Phi) is 4.43. The van der Waals surface area contributed by atoms with Crippen molar-refractivity contribution in [1.29, 1.82) is 0 Å². The highest BCUT2D eigenvalue weighted by Crippen LogP contribution is 2.10. The van der Waals surface area contributed by atoms with Crippen LogP contribution in [-0.2, 0) is 11.4 Å². The molecule has 0 aromatic heterocycles. The highest BCUT2D eigenvalue weighted by atomic mass is 32.2. The fourth-order valence-electron chi connectivity index (χ4n) is 1.48. The first-order chi connectivity index (χ1) is 9.15. The molecule has 0 spiro atoms. The lowest BCUT2D eigenvalue weighted by atomic mass is 10.2. The van der Waals surface area contributed by atoms with Gasteiger partial charge in [0.15, 0.2) is 4.90 Å². The molecule has 0 saturated heterocycles. The summed E-state index contributed by atoms with van der Waals surface area (Å²) < 4.78 is 14.3. The Morgan fingerprint density at radius 2 is 1.68 bits per heavy atom. The fourth-order valence-corrected chi connectivity index (χ4v) is 2.20. The molecule has 1 unspecified atom stereocenters. The maximum atomic E-state index is 11.9. The normalized spacial score (nSPS) is 11.7. The molecule has 4 nitrogen and oxygen atoms in total. The molecule has 5 heteroatoms. The first kappa shape index (κ1) is 13.5. The number of hydrogen-bond acceptors (Lipinski definition) is 2. The maximum Gasteiger partial charge on any atom is 0.361 e. The molecule has 1 atom stereocenters. The van der Waals surface area contributed by atoms with Gasteiger partial charge in [-0.2, -0.15) is 0 Å². The monoisotopic (exact) mass is 274 g/mol. The van der Waals surface area contributed by atoms with Crippen molar-refractivity contribution in [2.45, 2.75) is 11.8 Å². The van der Waals surface area contributed by atoms with Crippen molar-refractivity contribution < 1.29 is 9.35 Å². The summed E-state index contributed by atoms with van der Waals surface area (Å²) in [5.74, 6) is 0. The van der Waals surface area contributed by atoms with Crippen molar-refractivity contribution in [2.75, 3.05) is 5.32 Å². The third kappa shape index (κ3) is 4.01. The van der Waals surface area contributed by atoms with Gasteiger partial charge >= 0.3 is 6.03 Å². The Hall–Kier alpha value is -1.98. The van der Waals surface area contributed by atoms with Crippen molar-refractivity contribution in [3.8, 4) is 0 Å². The summed E-state index contributed by atoms with van der Waals surface area (Å²) in [6, 6.07) is 15.7. The number of para-hydroxylation sites is 1. The van der Waals surface area contributed by atoms with E-state index >= 15 is 0 Å². The van der Waals surface area contributed by atoms with Crippen LogP contribution in [0.2, 0.25) is 0 Å². The molecular weight excluding hydrogens is 260 g/mol. The van der Waals surface area contributed by atoms with Crippen LogP contribution in [0.25, 0.3) is 0 Å². The molecule has 0 aliphatic heterocycles. The summed E-state index contributed by atoms with van der Waals surface area (Å²) in [4.78, 5) is 12.2. The lowest BCUT2D eigenvalue weighted by Gasteiger charge is -2.11. The SMILES string of the molecule is Cc1ccc([S+]([O-])NC(=O)Nc2ccccc2)cc1. The predicted molar refractivity (Wildman–Crippen MR) is 76.2 cm³/mol. The minimum absolute atomic E-state index is 0.495. The maximum absolute atomic E-state index is 11.9. The smallest absolute Gasteiger partial charge is 0.361 e. The number of carbonyl (C=O) groups is 1. The van der Waals surface area contributed by atoms with Crippen LogP contribution in [0.3, 0.4) is 0 Å². The molecule has 19 heavy (non-hydrogen) atoms. The second-order valence-electron chi connectivity index (χ2n) is 4.00. The molecule has 0 heterocycles. The van der Waals surface area contributed by atoms with Gasteiger partial charge in [-0.15, -0.1) is 4.72 Å². The Labute approximate surface area is 115 Å². The number of nitrogens with one attached hydrogen (secondary N) is 2. The Morgan fingerprint density at radius 1 is 1.05 bits per heavy atom. The van der Waals surface area contributed by atoms with Gasteiger partial charge in [0.25, 0.3) is 0 Å². The molecule has 2 N–H and O–H groups in total. The van der Waals surface area contributed by atoms with Gasteiger partial charge in [0.1, 0.15) is 11.4 Å². The van der Waals surface area contributed by atoms with Gasteiger partial charge in [0.05, 0.1) is 0 Å². The lowest BCUT2D eigenvalue weighted by molar-refractivity contribution is 0.256. The van der Waals surface area contributed by atoms with Crippen molar-refractivity contribution >= 4 is 23.1 Å². The zero-order valence-electron chi connectivity index (χ0n) is 10.4. The van der Waals surface area contributed by atoms with Crippen molar-refractivity contribution in [2.24, 2.45) is 0 Å². The van der Waals surface area contributed by atoms with E-state index in [4.69, 9.17) is 0 Å². The van der Waals surface area contributed by atoms with E-state index in [1.807, 2.05) is 37.3 Å². The molecule has 0 radical (unpaired) electrons. The molecule has 0 saturated carbocycles. The average molecular weight is 274 g/mol. The van der Waals surface area contributed by atoms with Crippen LogP contribution >= 0.6 is 0 Å². The summed E-state index contributed by atoms with van der Waals surface area (Å²) >= 11 is -1.56. The quantitative estimate of drug-likeness (QED) is 0.845. The first-order valence-corrected chi connectivity index (χ1v) is 6.91. The molecule has 0 fully saturated rings. The summed E-state index contributed by atoms with van der Waals surface area (Å²) in [5.41, 5.74) is 1.73. The molecule has 2 rings (SSSR count). The van der Waals surface area contributed by atoms with Crippen molar-refractivity contribution in [1.82, 2.24) is 4.72 Å². The number of carbonyl (C=O) groups excluding carboxylic acids is 1. The van der Waals surface area contributed by atoms with Gasteiger partial charge in [-0.05, 0) is 31.2 Å². The topological polar surface area (TPSA) is 64.2 Å².